The van der Waals surface area contributed by atoms with Crippen molar-refractivity contribution in [2.45, 2.75) is 26.3 Å². The van der Waals surface area contributed by atoms with Gasteiger partial charge in [0.1, 0.15) is 11.3 Å². The van der Waals surface area contributed by atoms with Gasteiger partial charge in [0.2, 0.25) is 0 Å². The van der Waals surface area contributed by atoms with E-state index in [1.807, 2.05) is 0 Å². The molecule has 118 valence electrons. The minimum absolute atomic E-state index is 0.126. The Morgan fingerprint density at radius 1 is 1.43 bits per heavy atom. The van der Waals surface area contributed by atoms with E-state index in [0.29, 0.717) is 6.20 Å². The molecule has 1 heterocycles. The van der Waals surface area contributed by atoms with Crippen molar-refractivity contribution in [2.24, 2.45) is 5.73 Å². The first-order valence-corrected chi connectivity index (χ1v) is 5.64. The molecular weight excluding hydrogens is 303 g/mol. The molecule has 1 rings (SSSR count). The van der Waals surface area contributed by atoms with Crippen LogP contribution in [0.4, 0.5) is 22.0 Å². The molecule has 21 heavy (non-hydrogen) atoms. The molecule has 0 radical (unpaired) electrons. The molecule has 0 saturated heterocycles. The molecule has 10 heteroatoms. The smallest absolute Gasteiger partial charge is 0.462 e. The molecule has 2 N–H and O–H groups in total. The zero-order valence-electron chi connectivity index (χ0n) is 10.7. The summed E-state index contributed by atoms with van der Waals surface area (Å²) < 4.78 is 70.9. The van der Waals surface area contributed by atoms with Gasteiger partial charge in [0.15, 0.2) is 5.75 Å². The standard InChI is InChI=1S/C11H11F5N2O3/c1-2-20-10(19)6-4-18-7(9(12)13)5(3-17)8(6)21-11(14,15)16/h4,9H,2-3,17H2,1H3. The molecule has 0 aliphatic rings. The van der Waals surface area contributed by atoms with E-state index in [9.17, 15) is 26.7 Å². The van der Waals surface area contributed by atoms with Gasteiger partial charge in [-0.15, -0.1) is 13.2 Å². The summed E-state index contributed by atoms with van der Waals surface area (Å²) in [4.78, 5) is 14.8. The summed E-state index contributed by atoms with van der Waals surface area (Å²) in [6, 6.07) is 0. The molecule has 0 aliphatic heterocycles. The third kappa shape index (κ3) is 4.25. The van der Waals surface area contributed by atoms with Crippen LogP contribution >= 0.6 is 0 Å². The van der Waals surface area contributed by atoms with Gasteiger partial charge in [-0.25, -0.2) is 13.6 Å². The number of alkyl halides is 5. The number of nitrogens with two attached hydrogens (primary N) is 1. The van der Waals surface area contributed by atoms with Gasteiger partial charge < -0.3 is 15.2 Å². The maximum atomic E-state index is 12.7. The molecule has 0 amide bonds. The van der Waals surface area contributed by atoms with Crippen LogP contribution in [0.25, 0.3) is 0 Å². The van der Waals surface area contributed by atoms with Crippen molar-refractivity contribution in [2.75, 3.05) is 6.61 Å². The Balaban J connectivity index is 3.47. The van der Waals surface area contributed by atoms with E-state index in [-0.39, 0.29) is 6.61 Å². The Bertz CT molecular complexity index is 519. The second kappa shape index (κ2) is 6.66. The first kappa shape index (κ1) is 17.1. The lowest BCUT2D eigenvalue weighted by Gasteiger charge is -2.17. The van der Waals surface area contributed by atoms with Gasteiger partial charge in [-0.2, -0.15) is 0 Å². The van der Waals surface area contributed by atoms with Gasteiger partial charge in [0, 0.05) is 18.3 Å². The first-order valence-electron chi connectivity index (χ1n) is 5.64. The van der Waals surface area contributed by atoms with E-state index in [4.69, 9.17) is 5.73 Å². The number of carbonyl (C=O) groups is 1. The highest BCUT2D eigenvalue weighted by Gasteiger charge is 2.36. The summed E-state index contributed by atoms with van der Waals surface area (Å²) in [6.45, 7) is 0.581. The summed E-state index contributed by atoms with van der Waals surface area (Å²) in [5, 5.41) is 0. The monoisotopic (exact) mass is 314 g/mol. The van der Waals surface area contributed by atoms with Crippen LogP contribution in [0.3, 0.4) is 0 Å². The average Bonchev–Trinajstić information content (AvgIpc) is 2.36. The van der Waals surface area contributed by atoms with Crippen molar-refractivity contribution in [3.63, 3.8) is 0 Å². The predicted octanol–water partition coefficient (Wildman–Crippen LogP) is 2.55. The predicted molar refractivity (Wildman–Crippen MR) is 59.7 cm³/mol. The summed E-state index contributed by atoms with van der Waals surface area (Å²) in [7, 11) is 0. The Hall–Kier alpha value is -1.97. The number of hydrogen-bond acceptors (Lipinski definition) is 5. The summed E-state index contributed by atoms with van der Waals surface area (Å²) >= 11 is 0. The molecule has 5 nitrogen and oxygen atoms in total. The molecule has 0 bridgehead atoms. The number of hydrogen-bond donors (Lipinski definition) is 1. The second-order valence-corrected chi connectivity index (χ2v) is 3.64. The van der Waals surface area contributed by atoms with E-state index >= 15 is 0 Å². The lowest BCUT2D eigenvalue weighted by Crippen LogP contribution is -2.23. The lowest BCUT2D eigenvalue weighted by molar-refractivity contribution is -0.275. The third-order valence-corrected chi connectivity index (χ3v) is 2.28. The van der Waals surface area contributed by atoms with Crippen LogP contribution in [-0.2, 0) is 11.3 Å². The van der Waals surface area contributed by atoms with Crippen molar-refractivity contribution < 1.29 is 36.2 Å². The van der Waals surface area contributed by atoms with Crippen molar-refractivity contribution in [3.05, 3.63) is 23.0 Å². The number of pyridine rings is 1. The number of esters is 1. The highest BCUT2D eigenvalue weighted by molar-refractivity contribution is 5.92. The van der Waals surface area contributed by atoms with Crippen LogP contribution in [0.15, 0.2) is 6.20 Å². The number of carbonyl (C=O) groups excluding carboxylic acids is 1. The van der Waals surface area contributed by atoms with Gasteiger partial charge >= 0.3 is 12.3 Å². The fourth-order valence-corrected chi connectivity index (χ4v) is 1.52. The molecule has 0 unspecified atom stereocenters. The number of nitrogens with zero attached hydrogens (tertiary/aromatic N) is 1. The molecule has 0 spiro atoms. The molecule has 0 aliphatic carbocycles. The van der Waals surface area contributed by atoms with E-state index in [0.717, 1.165) is 0 Å². The van der Waals surface area contributed by atoms with Crippen molar-refractivity contribution in [1.29, 1.82) is 0 Å². The number of rotatable bonds is 5. The molecule has 0 aromatic carbocycles. The quantitative estimate of drug-likeness (QED) is 0.668. The van der Waals surface area contributed by atoms with Crippen molar-refractivity contribution >= 4 is 5.97 Å². The van der Waals surface area contributed by atoms with Gasteiger partial charge in [-0.1, -0.05) is 0 Å². The Morgan fingerprint density at radius 2 is 2.05 bits per heavy atom. The molecule has 0 atom stereocenters. The molecule has 0 fully saturated rings. The van der Waals surface area contributed by atoms with E-state index < -0.39 is 47.9 Å². The third-order valence-electron chi connectivity index (χ3n) is 2.28. The number of aromatic nitrogens is 1. The van der Waals surface area contributed by atoms with Gasteiger partial charge in [0.05, 0.1) is 6.61 Å². The SMILES string of the molecule is CCOC(=O)c1cnc(C(F)F)c(CN)c1OC(F)(F)F. The van der Waals surface area contributed by atoms with Gasteiger partial charge in [-0.05, 0) is 6.92 Å². The van der Waals surface area contributed by atoms with Crippen LogP contribution in [0, 0.1) is 0 Å². The summed E-state index contributed by atoms with van der Waals surface area (Å²) in [5.41, 5.74) is 2.77. The highest BCUT2D eigenvalue weighted by Crippen LogP contribution is 2.34. The van der Waals surface area contributed by atoms with Crippen LogP contribution in [-0.4, -0.2) is 23.9 Å². The minimum atomic E-state index is -5.19. The van der Waals surface area contributed by atoms with Gasteiger partial charge in [0.25, 0.3) is 6.43 Å². The minimum Gasteiger partial charge on any atom is -0.462 e. The van der Waals surface area contributed by atoms with Crippen molar-refractivity contribution in [1.82, 2.24) is 4.98 Å². The normalized spacial score (nSPS) is 11.6. The van der Waals surface area contributed by atoms with Crippen LogP contribution in [0.2, 0.25) is 0 Å². The van der Waals surface area contributed by atoms with E-state index in [1.165, 1.54) is 6.92 Å². The average molecular weight is 314 g/mol. The Labute approximate surface area is 115 Å². The summed E-state index contributed by atoms with van der Waals surface area (Å²) in [6.07, 6.45) is -7.82. The molecule has 1 aromatic rings. The maximum absolute atomic E-state index is 12.7. The number of ether oxygens (including phenoxy) is 2. The highest BCUT2D eigenvalue weighted by atomic mass is 19.4. The fourth-order valence-electron chi connectivity index (χ4n) is 1.52. The number of halogens is 5. The van der Waals surface area contributed by atoms with Crippen LogP contribution in [0.1, 0.15) is 35.0 Å². The van der Waals surface area contributed by atoms with E-state index in [1.54, 1.807) is 0 Å². The summed E-state index contributed by atoms with van der Waals surface area (Å²) in [5.74, 6) is -2.30. The Kier molecular flexibility index (Phi) is 5.41. The molecular formula is C11H11F5N2O3. The molecule has 1 aromatic heterocycles. The van der Waals surface area contributed by atoms with Gasteiger partial charge in [-0.3, -0.25) is 4.98 Å². The first-order chi connectivity index (χ1) is 9.71. The topological polar surface area (TPSA) is 74.4 Å². The van der Waals surface area contributed by atoms with Crippen LogP contribution in [0.5, 0.6) is 5.75 Å². The zero-order valence-corrected chi connectivity index (χ0v) is 10.7. The van der Waals surface area contributed by atoms with Crippen molar-refractivity contribution in [3.8, 4) is 5.75 Å². The molecule has 0 saturated carbocycles. The second-order valence-electron chi connectivity index (χ2n) is 3.64. The lowest BCUT2D eigenvalue weighted by atomic mass is 10.1. The Morgan fingerprint density at radius 3 is 2.48 bits per heavy atom. The zero-order chi connectivity index (χ0) is 16.2. The van der Waals surface area contributed by atoms with Crippen LogP contribution < -0.4 is 10.5 Å². The fraction of sp³-hybridized carbons (Fsp3) is 0.455. The largest absolute Gasteiger partial charge is 0.573 e. The van der Waals surface area contributed by atoms with E-state index in [2.05, 4.69) is 14.5 Å². The maximum Gasteiger partial charge on any atom is 0.573 e.